The molecule has 0 aliphatic carbocycles. The second kappa shape index (κ2) is 3.91. The summed E-state index contributed by atoms with van der Waals surface area (Å²) in [6, 6.07) is 5.75. The highest BCUT2D eigenvalue weighted by atomic mass is 16.5. The lowest BCUT2D eigenvalue weighted by molar-refractivity contribution is -0.130. The SMILES string of the molecule is CC(C)(C)c1ccc2c(c1)C(C(=O)O)=CCO2. The summed E-state index contributed by atoms with van der Waals surface area (Å²) in [6.07, 6.45) is 1.61. The molecule has 0 aromatic heterocycles. The molecule has 1 aliphatic rings. The van der Waals surface area contributed by atoms with E-state index in [0.29, 0.717) is 23.5 Å². The van der Waals surface area contributed by atoms with Crippen LogP contribution in [0.15, 0.2) is 24.3 Å². The first-order valence-electron chi connectivity index (χ1n) is 5.61. The molecular formula is C14H16O3. The molecule has 1 N–H and O–H groups in total. The van der Waals surface area contributed by atoms with Crippen molar-refractivity contribution in [1.82, 2.24) is 0 Å². The van der Waals surface area contributed by atoms with Crippen molar-refractivity contribution in [2.75, 3.05) is 6.61 Å². The summed E-state index contributed by atoms with van der Waals surface area (Å²) in [6.45, 7) is 6.62. The fraction of sp³-hybridized carbons (Fsp3) is 0.357. The van der Waals surface area contributed by atoms with Crippen LogP contribution < -0.4 is 4.74 Å². The Balaban J connectivity index is 2.54. The van der Waals surface area contributed by atoms with E-state index in [1.807, 2.05) is 18.2 Å². The van der Waals surface area contributed by atoms with E-state index in [2.05, 4.69) is 20.8 Å². The molecular weight excluding hydrogens is 216 g/mol. The summed E-state index contributed by atoms with van der Waals surface area (Å²) in [5.74, 6) is -0.251. The summed E-state index contributed by atoms with van der Waals surface area (Å²) >= 11 is 0. The number of ether oxygens (including phenoxy) is 1. The minimum absolute atomic E-state index is 0.00388. The van der Waals surface area contributed by atoms with E-state index in [1.165, 1.54) is 0 Å². The van der Waals surface area contributed by atoms with Crippen molar-refractivity contribution in [3.63, 3.8) is 0 Å². The average Bonchev–Trinajstić information content (AvgIpc) is 2.26. The molecule has 3 heteroatoms. The van der Waals surface area contributed by atoms with Gasteiger partial charge in [-0.25, -0.2) is 4.79 Å². The number of aliphatic carboxylic acids is 1. The van der Waals surface area contributed by atoms with Crippen LogP contribution in [-0.2, 0) is 10.2 Å². The largest absolute Gasteiger partial charge is 0.489 e. The van der Waals surface area contributed by atoms with Crippen molar-refractivity contribution < 1.29 is 14.6 Å². The minimum Gasteiger partial charge on any atom is -0.489 e. The van der Waals surface area contributed by atoms with Crippen molar-refractivity contribution in [3.05, 3.63) is 35.4 Å². The quantitative estimate of drug-likeness (QED) is 0.809. The van der Waals surface area contributed by atoms with Gasteiger partial charge in [0.15, 0.2) is 0 Å². The van der Waals surface area contributed by atoms with Gasteiger partial charge in [-0.2, -0.15) is 0 Å². The predicted molar refractivity (Wildman–Crippen MR) is 66.2 cm³/mol. The van der Waals surface area contributed by atoms with Crippen molar-refractivity contribution in [3.8, 4) is 5.75 Å². The van der Waals surface area contributed by atoms with Gasteiger partial charge in [0.25, 0.3) is 0 Å². The number of hydrogen-bond donors (Lipinski definition) is 1. The second-order valence-corrected chi connectivity index (χ2v) is 5.19. The maximum Gasteiger partial charge on any atom is 0.336 e. The molecule has 0 saturated heterocycles. The molecule has 0 spiro atoms. The Morgan fingerprint density at radius 3 is 2.65 bits per heavy atom. The fourth-order valence-corrected chi connectivity index (χ4v) is 1.86. The molecule has 1 aromatic rings. The highest BCUT2D eigenvalue weighted by Crippen LogP contribution is 2.34. The van der Waals surface area contributed by atoms with E-state index < -0.39 is 5.97 Å². The topological polar surface area (TPSA) is 46.5 Å². The third kappa shape index (κ3) is 2.18. The van der Waals surface area contributed by atoms with Crippen LogP contribution >= 0.6 is 0 Å². The van der Waals surface area contributed by atoms with Gasteiger partial charge in [0.2, 0.25) is 0 Å². The molecule has 0 saturated carbocycles. The number of carboxylic acid groups (broad SMARTS) is 1. The molecule has 0 amide bonds. The molecule has 17 heavy (non-hydrogen) atoms. The second-order valence-electron chi connectivity index (χ2n) is 5.19. The van der Waals surface area contributed by atoms with Gasteiger partial charge in [-0.1, -0.05) is 26.8 Å². The monoisotopic (exact) mass is 232 g/mol. The van der Waals surface area contributed by atoms with E-state index in [4.69, 9.17) is 9.84 Å². The predicted octanol–water partition coefficient (Wildman–Crippen LogP) is 2.84. The molecule has 0 fully saturated rings. The third-order valence-electron chi connectivity index (χ3n) is 2.89. The van der Waals surface area contributed by atoms with Crippen molar-refractivity contribution >= 4 is 11.5 Å². The van der Waals surface area contributed by atoms with Crippen LogP contribution in [0, 0.1) is 0 Å². The smallest absolute Gasteiger partial charge is 0.336 e. The summed E-state index contributed by atoms with van der Waals surface area (Å²) in [7, 11) is 0. The first-order chi connectivity index (χ1) is 7.89. The molecule has 3 nitrogen and oxygen atoms in total. The Hall–Kier alpha value is -1.77. The molecule has 0 radical (unpaired) electrons. The maximum absolute atomic E-state index is 11.2. The lowest BCUT2D eigenvalue weighted by Crippen LogP contribution is -2.15. The zero-order valence-electron chi connectivity index (χ0n) is 10.3. The Morgan fingerprint density at radius 2 is 2.06 bits per heavy atom. The normalized spacial score (nSPS) is 14.6. The van der Waals surface area contributed by atoms with E-state index in [1.54, 1.807) is 6.08 Å². The molecule has 1 heterocycles. The molecule has 1 aromatic carbocycles. The number of rotatable bonds is 1. The molecule has 0 bridgehead atoms. The van der Waals surface area contributed by atoms with Gasteiger partial charge in [0.05, 0.1) is 5.57 Å². The molecule has 2 rings (SSSR count). The Bertz CT molecular complexity index is 493. The third-order valence-corrected chi connectivity index (χ3v) is 2.89. The zero-order valence-corrected chi connectivity index (χ0v) is 10.3. The minimum atomic E-state index is -0.902. The van der Waals surface area contributed by atoms with E-state index in [9.17, 15) is 4.79 Å². The molecule has 0 unspecified atom stereocenters. The van der Waals surface area contributed by atoms with Crippen LogP contribution in [0.25, 0.3) is 5.57 Å². The standard InChI is InChI=1S/C14H16O3/c1-14(2,3)9-4-5-12-11(8-9)10(13(15)16)6-7-17-12/h4-6,8H,7H2,1-3H3,(H,15,16). The van der Waals surface area contributed by atoms with Gasteiger partial charge < -0.3 is 9.84 Å². The number of carbonyl (C=O) groups is 1. The summed E-state index contributed by atoms with van der Waals surface area (Å²) in [4.78, 5) is 11.2. The number of hydrogen-bond acceptors (Lipinski definition) is 2. The van der Waals surface area contributed by atoms with Gasteiger partial charge >= 0.3 is 5.97 Å². The number of carboxylic acids is 1. The first kappa shape index (κ1) is 11.7. The highest BCUT2D eigenvalue weighted by Gasteiger charge is 2.22. The Labute approximate surface area is 101 Å². The van der Waals surface area contributed by atoms with Gasteiger partial charge in [0.1, 0.15) is 12.4 Å². The van der Waals surface area contributed by atoms with E-state index >= 15 is 0 Å². The van der Waals surface area contributed by atoms with Gasteiger partial charge in [-0.05, 0) is 29.2 Å². The highest BCUT2D eigenvalue weighted by molar-refractivity contribution is 6.16. The molecule has 1 aliphatic heterocycles. The lowest BCUT2D eigenvalue weighted by Gasteiger charge is -2.23. The first-order valence-corrected chi connectivity index (χ1v) is 5.61. The molecule has 90 valence electrons. The van der Waals surface area contributed by atoms with Crippen LogP contribution in [0.3, 0.4) is 0 Å². The number of benzene rings is 1. The van der Waals surface area contributed by atoms with Crippen LogP contribution in [0.1, 0.15) is 31.9 Å². The van der Waals surface area contributed by atoms with Crippen molar-refractivity contribution in [2.24, 2.45) is 0 Å². The van der Waals surface area contributed by atoms with Crippen LogP contribution in [0.2, 0.25) is 0 Å². The van der Waals surface area contributed by atoms with Crippen molar-refractivity contribution in [1.29, 1.82) is 0 Å². The van der Waals surface area contributed by atoms with Crippen LogP contribution in [0.4, 0.5) is 0 Å². The summed E-state index contributed by atoms with van der Waals surface area (Å²) in [5.41, 5.74) is 2.11. The van der Waals surface area contributed by atoms with E-state index in [0.717, 1.165) is 5.56 Å². The van der Waals surface area contributed by atoms with E-state index in [-0.39, 0.29) is 5.41 Å². The number of fused-ring (bicyclic) bond motifs is 1. The summed E-state index contributed by atoms with van der Waals surface area (Å²) in [5, 5.41) is 9.15. The fourth-order valence-electron chi connectivity index (χ4n) is 1.86. The van der Waals surface area contributed by atoms with Gasteiger partial charge in [-0.3, -0.25) is 0 Å². The Kier molecular flexibility index (Phi) is 2.69. The average molecular weight is 232 g/mol. The zero-order chi connectivity index (χ0) is 12.6. The Morgan fingerprint density at radius 1 is 1.35 bits per heavy atom. The lowest BCUT2D eigenvalue weighted by atomic mass is 9.85. The van der Waals surface area contributed by atoms with Crippen LogP contribution in [-0.4, -0.2) is 17.7 Å². The van der Waals surface area contributed by atoms with Crippen molar-refractivity contribution in [2.45, 2.75) is 26.2 Å². The van der Waals surface area contributed by atoms with Gasteiger partial charge in [-0.15, -0.1) is 0 Å². The van der Waals surface area contributed by atoms with Gasteiger partial charge in [0, 0.05) is 5.56 Å². The molecule has 0 atom stereocenters. The van der Waals surface area contributed by atoms with Crippen LogP contribution in [0.5, 0.6) is 5.75 Å². The summed E-state index contributed by atoms with van der Waals surface area (Å²) < 4.78 is 5.43. The maximum atomic E-state index is 11.2.